The van der Waals surface area contributed by atoms with E-state index in [9.17, 15) is 4.39 Å². The van der Waals surface area contributed by atoms with Gasteiger partial charge in [-0.15, -0.1) is 0 Å². The molecule has 1 aromatic carbocycles. The van der Waals surface area contributed by atoms with E-state index in [-0.39, 0.29) is 5.82 Å². The van der Waals surface area contributed by atoms with Gasteiger partial charge in [-0.1, -0.05) is 37.2 Å². The smallest absolute Gasteiger partial charge is 0.228 e. The molecule has 0 saturated carbocycles. The summed E-state index contributed by atoms with van der Waals surface area (Å²) in [5, 5.41) is 7.28. The lowest BCUT2D eigenvalue weighted by atomic mass is 10.1. The molecule has 1 N–H and O–H groups in total. The van der Waals surface area contributed by atoms with Gasteiger partial charge in [0, 0.05) is 18.9 Å². The predicted molar refractivity (Wildman–Crippen MR) is 75.0 cm³/mol. The molecule has 108 valence electrons. The Labute approximate surface area is 118 Å². The third kappa shape index (κ3) is 3.87. The molecule has 1 unspecified atom stereocenters. The Morgan fingerprint density at radius 1 is 1.30 bits per heavy atom. The maximum atomic E-state index is 13.6. The summed E-state index contributed by atoms with van der Waals surface area (Å²) in [6.45, 7) is 5.10. The van der Waals surface area contributed by atoms with Gasteiger partial charge in [-0.25, -0.2) is 4.39 Å². The van der Waals surface area contributed by atoms with Gasteiger partial charge in [0.2, 0.25) is 5.89 Å². The molecule has 0 fully saturated rings. The van der Waals surface area contributed by atoms with Crippen LogP contribution in [0.15, 0.2) is 28.8 Å². The molecule has 0 aliphatic rings. The van der Waals surface area contributed by atoms with Crippen molar-refractivity contribution in [2.75, 3.05) is 6.54 Å². The average Bonchev–Trinajstić information content (AvgIpc) is 2.88. The van der Waals surface area contributed by atoms with Crippen LogP contribution in [0.3, 0.4) is 0 Å². The second-order valence-corrected chi connectivity index (χ2v) is 4.74. The number of halogens is 1. The molecular weight excluding hydrogens is 257 g/mol. The van der Waals surface area contributed by atoms with Crippen LogP contribution in [-0.2, 0) is 12.8 Å². The van der Waals surface area contributed by atoms with Crippen LogP contribution in [0.2, 0.25) is 0 Å². The fourth-order valence-electron chi connectivity index (χ4n) is 2.12. The Balaban J connectivity index is 2.00. The second kappa shape index (κ2) is 7.14. The van der Waals surface area contributed by atoms with E-state index in [0.717, 1.165) is 13.0 Å². The van der Waals surface area contributed by atoms with Crippen molar-refractivity contribution < 1.29 is 8.91 Å². The van der Waals surface area contributed by atoms with E-state index < -0.39 is 0 Å². The highest BCUT2D eigenvalue weighted by Gasteiger charge is 2.13. The Kier molecular flexibility index (Phi) is 5.24. The molecule has 0 radical (unpaired) electrons. The fourth-order valence-corrected chi connectivity index (χ4v) is 2.12. The molecule has 20 heavy (non-hydrogen) atoms. The Bertz CT molecular complexity index is 541. The van der Waals surface area contributed by atoms with Crippen molar-refractivity contribution >= 4 is 0 Å². The Morgan fingerprint density at radius 2 is 2.10 bits per heavy atom. The summed E-state index contributed by atoms with van der Waals surface area (Å²) < 4.78 is 18.8. The van der Waals surface area contributed by atoms with Crippen molar-refractivity contribution in [3.05, 3.63) is 47.4 Å². The minimum atomic E-state index is -0.238. The lowest BCUT2D eigenvalue weighted by Gasteiger charge is -2.12. The van der Waals surface area contributed by atoms with E-state index in [4.69, 9.17) is 4.52 Å². The molecule has 0 aliphatic carbocycles. The molecule has 1 aromatic heterocycles. The molecule has 5 heteroatoms. The van der Waals surface area contributed by atoms with Gasteiger partial charge in [0.15, 0.2) is 5.82 Å². The zero-order valence-corrected chi connectivity index (χ0v) is 11.9. The minimum Gasteiger partial charge on any atom is -0.339 e. The lowest BCUT2D eigenvalue weighted by molar-refractivity contribution is 0.352. The first-order valence-electron chi connectivity index (χ1n) is 7.01. The summed E-state index contributed by atoms with van der Waals surface area (Å²) in [5.41, 5.74) is 0.582. The maximum Gasteiger partial charge on any atom is 0.228 e. The van der Waals surface area contributed by atoms with E-state index in [1.54, 1.807) is 18.2 Å². The Morgan fingerprint density at radius 3 is 2.80 bits per heavy atom. The van der Waals surface area contributed by atoms with E-state index in [2.05, 4.69) is 29.3 Å². The second-order valence-electron chi connectivity index (χ2n) is 4.74. The van der Waals surface area contributed by atoms with E-state index in [1.165, 1.54) is 6.07 Å². The van der Waals surface area contributed by atoms with Gasteiger partial charge in [0.25, 0.3) is 0 Å². The molecule has 1 atom stereocenters. The summed E-state index contributed by atoms with van der Waals surface area (Å²) in [4.78, 5) is 4.33. The van der Waals surface area contributed by atoms with Crippen LogP contribution in [0.4, 0.5) is 4.39 Å². The van der Waals surface area contributed by atoms with Crippen LogP contribution < -0.4 is 5.32 Å². The van der Waals surface area contributed by atoms with Gasteiger partial charge in [0.1, 0.15) is 5.82 Å². The third-order valence-electron chi connectivity index (χ3n) is 3.22. The van der Waals surface area contributed by atoms with Gasteiger partial charge in [-0.3, -0.25) is 0 Å². The highest BCUT2D eigenvalue weighted by Crippen LogP contribution is 2.12. The van der Waals surface area contributed by atoms with E-state index in [1.807, 2.05) is 0 Å². The van der Waals surface area contributed by atoms with Crippen LogP contribution >= 0.6 is 0 Å². The number of rotatable bonds is 7. The highest BCUT2D eigenvalue weighted by atomic mass is 19.1. The first-order chi connectivity index (χ1) is 9.72. The number of nitrogens with one attached hydrogen (secondary N) is 1. The zero-order valence-electron chi connectivity index (χ0n) is 11.9. The molecule has 1 heterocycles. The third-order valence-corrected chi connectivity index (χ3v) is 3.22. The normalized spacial score (nSPS) is 12.6. The van der Waals surface area contributed by atoms with Gasteiger partial charge in [0.05, 0.1) is 0 Å². The number of nitrogens with zero attached hydrogens (tertiary/aromatic N) is 2. The van der Waals surface area contributed by atoms with Crippen LogP contribution in [0.5, 0.6) is 0 Å². The highest BCUT2D eigenvalue weighted by molar-refractivity contribution is 5.20. The van der Waals surface area contributed by atoms with Crippen molar-refractivity contribution in [2.45, 2.75) is 39.2 Å². The molecular formula is C15H20FN3O. The molecule has 2 aromatic rings. The molecule has 0 aliphatic heterocycles. The number of aromatic nitrogens is 2. The fraction of sp³-hybridized carbons (Fsp3) is 0.467. The van der Waals surface area contributed by atoms with Crippen LogP contribution in [0.1, 0.15) is 37.5 Å². The van der Waals surface area contributed by atoms with Crippen LogP contribution in [0.25, 0.3) is 0 Å². The monoisotopic (exact) mass is 277 g/mol. The molecule has 0 saturated heterocycles. The molecule has 0 amide bonds. The standard InChI is InChI=1S/C15H20FN3O/c1-3-12(17-4-2)10-15-18-14(19-20-15)9-11-7-5-6-8-13(11)16/h5-8,12,17H,3-4,9-10H2,1-2H3. The molecule has 0 spiro atoms. The summed E-state index contributed by atoms with van der Waals surface area (Å²) >= 11 is 0. The van der Waals surface area contributed by atoms with Crippen molar-refractivity contribution in [3.8, 4) is 0 Å². The number of likely N-dealkylation sites (N-methyl/N-ethyl adjacent to an activating group) is 1. The van der Waals surface area contributed by atoms with Gasteiger partial charge in [-0.2, -0.15) is 4.98 Å². The first-order valence-corrected chi connectivity index (χ1v) is 7.01. The van der Waals surface area contributed by atoms with Gasteiger partial charge in [-0.05, 0) is 24.6 Å². The van der Waals surface area contributed by atoms with Crippen LogP contribution in [0, 0.1) is 5.82 Å². The zero-order chi connectivity index (χ0) is 14.4. The predicted octanol–water partition coefficient (Wildman–Crippen LogP) is 2.73. The summed E-state index contributed by atoms with van der Waals surface area (Å²) in [6, 6.07) is 6.98. The maximum absolute atomic E-state index is 13.6. The van der Waals surface area contributed by atoms with Crippen molar-refractivity contribution in [1.82, 2.24) is 15.5 Å². The summed E-state index contributed by atoms with van der Waals surface area (Å²) in [6.07, 6.45) is 2.06. The van der Waals surface area contributed by atoms with Gasteiger partial charge >= 0.3 is 0 Å². The minimum absolute atomic E-state index is 0.238. The lowest BCUT2D eigenvalue weighted by Crippen LogP contribution is -2.30. The Hall–Kier alpha value is -1.75. The molecule has 4 nitrogen and oxygen atoms in total. The molecule has 2 rings (SSSR count). The quantitative estimate of drug-likeness (QED) is 0.845. The average molecular weight is 277 g/mol. The number of hydrogen-bond acceptors (Lipinski definition) is 4. The number of benzene rings is 1. The first kappa shape index (κ1) is 14.7. The summed E-state index contributed by atoms with van der Waals surface area (Å²) in [7, 11) is 0. The SMILES string of the molecule is CCNC(CC)Cc1nc(Cc2ccccc2F)no1. The van der Waals surface area contributed by atoms with E-state index in [0.29, 0.717) is 36.2 Å². The van der Waals surface area contributed by atoms with Crippen molar-refractivity contribution in [1.29, 1.82) is 0 Å². The van der Waals surface area contributed by atoms with Crippen molar-refractivity contribution in [2.24, 2.45) is 0 Å². The topological polar surface area (TPSA) is 51.0 Å². The van der Waals surface area contributed by atoms with Gasteiger partial charge < -0.3 is 9.84 Å². The largest absolute Gasteiger partial charge is 0.339 e. The van der Waals surface area contributed by atoms with Crippen LogP contribution in [-0.4, -0.2) is 22.7 Å². The number of hydrogen-bond donors (Lipinski definition) is 1. The molecule has 0 bridgehead atoms. The van der Waals surface area contributed by atoms with Crippen molar-refractivity contribution in [3.63, 3.8) is 0 Å². The van der Waals surface area contributed by atoms with E-state index >= 15 is 0 Å². The summed E-state index contributed by atoms with van der Waals surface area (Å²) in [5.74, 6) is 0.888.